The molecule has 0 aromatic rings. The second-order valence-electron chi connectivity index (χ2n) is 20.7. The molecule has 0 aromatic carbocycles. The molecule has 0 aliphatic heterocycles. The SMILES string of the molecule is CC(CC1C2CCC(C2)C1(F)F)(C(F)(F)F)C(F)(F)F.CC1(C(F)(F)F)C2CCC(C2)C1(F)F.CC1(C(F)(F)F)CC2CCC1C2.CCC(C)S(=O)(=O)OC.CCC(C)S(=O)(=O)OC.CCC(C)S(=O)(=O)OC. The van der Waals surface area contributed by atoms with E-state index in [1.807, 2.05) is 0 Å². The second kappa shape index (κ2) is 24.7. The van der Waals surface area contributed by atoms with Crippen LogP contribution in [-0.2, 0) is 42.9 Å². The van der Waals surface area contributed by atoms with Gasteiger partial charge in [-0.1, -0.05) is 34.1 Å². The Hall–Kier alpha value is -1.39. The Morgan fingerprint density at radius 1 is 0.521 bits per heavy atom. The molecule has 0 N–H and O–H groups in total. The number of alkyl halides is 16. The molecule has 73 heavy (non-hydrogen) atoms. The summed E-state index contributed by atoms with van der Waals surface area (Å²) >= 11 is 0. The second-order valence-corrected chi connectivity index (χ2v) is 27.1. The number of hydrogen-bond acceptors (Lipinski definition) is 9. The van der Waals surface area contributed by atoms with Gasteiger partial charge in [-0.2, -0.15) is 77.9 Å². The monoisotopic (exact) mass is 1160 g/mol. The largest absolute Gasteiger partial charge is 0.402 e. The van der Waals surface area contributed by atoms with Gasteiger partial charge in [-0.05, 0) is 142 Å². The molecule has 0 saturated heterocycles. The molecule has 6 saturated carbocycles. The van der Waals surface area contributed by atoms with Crippen molar-refractivity contribution in [3.63, 3.8) is 0 Å². The van der Waals surface area contributed by atoms with Gasteiger partial charge in [0.2, 0.25) is 0 Å². The van der Waals surface area contributed by atoms with E-state index in [0.717, 1.165) is 19.3 Å². The smallest absolute Gasteiger partial charge is 0.273 e. The Morgan fingerprint density at radius 2 is 0.890 bits per heavy atom. The molecule has 0 radical (unpaired) electrons. The zero-order valence-corrected chi connectivity index (χ0v) is 45.6. The van der Waals surface area contributed by atoms with Crippen LogP contribution in [0.15, 0.2) is 0 Å². The lowest BCUT2D eigenvalue weighted by Gasteiger charge is -2.41. The van der Waals surface area contributed by atoms with Crippen molar-refractivity contribution in [2.45, 2.75) is 205 Å². The molecule has 12 atom stereocenters. The summed E-state index contributed by atoms with van der Waals surface area (Å²) in [6.45, 7) is 12.4. The van der Waals surface area contributed by atoms with Gasteiger partial charge in [-0.15, -0.1) is 0 Å². The van der Waals surface area contributed by atoms with Crippen LogP contribution in [0.1, 0.15) is 152 Å². The third kappa shape index (κ3) is 15.3. The third-order valence-electron chi connectivity index (χ3n) is 16.7. The topological polar surface area (TPSA) is 130 Å². The highest BCUT2D eigenvalue weighted by molar-refractivity contribution is 7.87. The Bertz CT molecular complexity index is 1970. The highest BCUT2D eigenvalue weighted by atomic mass is 32.2. The molecule has 438 valence electrons. The van der Waals surface area contributed by atoms with Gasteiger partial charge in [0.1, 0.15) is 5.41 Å². The molecule has 0 amide bonds. The summed E-state index contributed by atoms with van der Waals surface area (Å²) < 4.78 is 284. The minimum Gasteiger partial charge on any atom is -0.273 e. The van der Waals surface area contributed by atoms with Gasteiger partial charge in [0.25, 0.3) is 42.2 Å². The van der Waals surface area contributed by atoms with Crippen molar-refractivity contribution in [1.29, 1.82) is 0 Å². The summed E-state index contributed by atoms with van der Waals surface area (Å²) in [6.07, 6.45) is -15.7. The average Bonchev–Trinajstić information content (AvgIpc) is 4.15. The van der Waals surface area contributed by atoms with Crippen LogP contribution in [0.5, 0.6) is 0 Å². The number of hydrogen-bond donors (Lipinski definition) is 0. The minimum absolute atomic E-state index is 0.0188. The number of rotatable bonds is 11. The lowest BCUT2D eigenvalue weighted by molar-refractivity contribution is -0.344. The quantitative estimate of drug-likeness (QED) is 0.147. The molecule has 0 spiro atoms. The first kappa shape index (κ1) is 69.6. The molecular weight excluding hydrogens is 1080 g/mol. The fourth-order valence-electron chi connectivity index (χ4n) is 10.5. The summed E-state index contributed by atoms with van der Waals surface area (Å²) in [5.74, 6) is -12.3. The van der Waals surface area contributed by atoms with Crippen molar-refractivity contribution in [1.82, 2.24) is 0 Å². The molecule has 6 fully saturated rings. The van der Waals surface area contributed by atoms with E-state index in [4.69, 9.17) is 0 Å². The first-order valence-corrected chi connectivity index (χ1v) is 28.4. The first-order chi connectivity index (χ1) is 32.6. The molecule has 28 heteroatoms. The van der Waals surface area contributed by atoms with Crippen molar-refractivity contribution in [3.8, 4) is 0 Å². The fourth-order valence-corrected chi connectivity index (χ4v) is 12.7. The predicted octanol–water partition coefficient (Wildman–Crippen LogP) is 14.5. The van der Waals surface area contributed by atoms with Crippen LogP contribution < -0.4 is 0 Å². The van der Waals surface area contributed by atoms with E-state index in [1.54, 1.807) is 41.5 Å². The highest BCUT2D eigenvalue weighted by Crippen LogP contribution is 2.69. The Balaban J connectivity index is 0.000000452. The molecule has 0 aromatic heterocycles. The van der Waals surface area contributed by atoms with Crippen LogP contribution in [0.2, 0.25) is 0 Å². The zero-order valence-electron chi connectivity index (χ0n) is 43.1. The van der Waals surface area contributed by atoms with Gasteiger partial charge in [0, 0.05) is 17.8 Å². The Labute approximate surface area is 420 Å². The van der Waals surface area contributed by atoms with Crippen molar-refractivity contribution >= 4 is 30.4 Å². The lowest BCUT2D eigenvalue weighted by Crippen LogP contribution is -2.53. The molecule has 0 heterocycles. The first-order valence-electron chi connectivity index (χ1n) is 24.0. The van der Waals surface area contributed by atoms with Crippen LogP contribution in [0, 0.1) is 57.7 Å². The fraction of sp³-hybridized carbons (Fsp3) is 1.00. The Kier molecular flexibility index (Phi) is 23.6. The summed E-state index contributed by atoms with van der Waals surface area (Å²) in [5.41, 5.74) is -8.22. The van der Waals surface area contributed by atoms with Crippen molar-refractivity contribution in [2.75, 3.05) is 21.3 Å². The normalized spacial score (nSPS) is 31.5. The van der Waals surface area contributed by atoms with Gasteiger partial charge in [-0.25, -0.2) is 17.6 Å². The zero-order chi connectivity index (χ0) is 57.8. The van der Waals surface area contributed by atoms with E-state index in [-0.39, 0.29) is 67.1 Å². The van der Waals surface area contributed by atoms with E-state index in [2.05, 4.69) is 12.5 Å². The molecule has 6 aliphatic carbocycles. The summed E-state index contributed by atoms with van der Waals surface area (Å²) in [5, 5.41) is -1.16. The van der Waals surface area contributed by atoms with Gasteiger partial charge >= 0.3 is 24.7 Å². The predicted molar refractivity (Wildman–Crippen MR) is 241 cm³/mol. The van der Waals surface area contributed by atoms with Crippen molar-refractivity contribution in [3.05, 3.63) is 0 Å². The molecule has 12 unspecified atom stereocenters. The number of fused-ring (bicyclic) bond motifs is 6. The van der Waals surface area contributed by atoms with Crippen LogP contribution in [0.3, 0.4) is 0 Å². The lowest BCUT2D eigenvalue weighted by atomic mass is 9.71. The van der Waals surface area contributed by atoms with Gasteiger partial charge < -0.3 is 0 Å². The highest BCUT2D eigenvalue weighted by Gasteiger charge is 2.78. The molecule has 9 nitrogen and oxygen atoms in total. The van der Waals surface area contributed by atoms with E-state index in [1.165, 1.54) is 28.3 Å². The van der Waals surface area contributed by atoms with E-state index < -0.39 is 119 Å². The third-order valence-corrected chi connectivity index (χ3v) is 22.1. The summed E-state index contributed by atoms with van der Waals surface area (Å²) in [4.78, 5) is 0. The van der Waals surface area contributed by atoms with E-state index in [9.17, 15) is 95.5 Å². The summed E-state index contributed by atoms with van der Waals surface area (Å²) in [6, 6.07) is 0. The van der Waals surface area contributed by atoms with Crippen molar-refractivity contribution in [2.24, 2.45) is 57.7 Å². The maximum absolute atomic E-state index is 13.9. The molecule has 6 rings (SSSR count). The molecule has 6 aliphatic rings. The molecular formula is C45H74F16O9S3. The maximum atomic E-state index is 13.9. The molecule has 6 bridgehead atoms. The standard InChI is InChI=1S/C12H14F8.C9H11F5.C9H13F3.3C5H12O3S/c1-9(11(15,16)17,12(18,19)20)5-8-6-2-3-7(4-6)10(8,13)14;1-7(9(12,13)14)5-2-3-6(4-5)8(7,10)11;1-8(9(10,11)12)5-6-2-3-7(8)4-6;3*1-4-5(2)9(6,7)8-3/h6-8H,2-5H2,1H3;5-6H,2-4H2,1H3;6-7H,2-5H2,1H3;3*5H,4H2,1-3H3. The Morgan fingerprint density at radius 3 is 1.10 bits per heavy atom. The minimum atomic E-state index is -5.59. The van der Waals surface area contributed by atoms with Crippen molar-refractivity contribution < 1.29 is 108 Å². The van der Waals surface area contributed by atoms with E-state index >= 15 is 0 Å². The van der Waals surface area contributed by atoms with Gasteiger partial charge in [0.05, 0.1) is 42.5 Å². The number of halogens is 16. The average molecular weight is 1160 g/mol. The van der Waals surface area contributed by atoms with Crippen LogP contribution >= 0.6 is 0 Å². The van der Waals surface area contributed by atoms with Gasteiger partial charge in [0.15, 0.2) is 5.41 Å². The van der Waals surface area contributed by atoms with Crippen LogP contribution in [0.4, 0.5) is 70.2 Å². The van der Waals surface area contributed by atoms with Gasteiger partial charge in [-0.3, -0.25) is 12.5 Å². The van der Waals surface area contributed by atoms with Crippen LogP contribution in [0.25, 0.3) is 0 Å². The van der Waals surface area contributed by atoms with E-state index in [0.29, 0.717) is 38.5 Å². The summed E-state index contributed by atoms with van der Waals surface area (Å²) in [7, 11) is -6.20. The maximum Gasteiger partial charge on any atom is 0.402 e. The van der Waals surface area contributed by atoms with Crippen LogP contribution in [-0.4, -0.2) is 98.9 Å².